The van der Waals surface area contributed by atoms with Crippen molar-refractivity contribution >= 4 is 46.5 Å². The highest BCUT2D eigenvalue weighted by atomic mass is 127. The molecule has 0 saturated carbocycles. The van der Waals surface area contributed by atoms with Gasteiger partial charge in [0.15, 0.2) is 0 Å². The maximum absolute atomic E-state index is 12.6. The van der Waals surface area contributed by atoms with Crippen molar-refractivity contribution in [1.29, 1.82) is 0 Å². The van der Waals surface area contributed by atoms with Gasteiger partial charge in [0.2, 0.25) is 17.1 Å². The van der Waals surface area contributed by atoms with Crippen molar-refractivity contribution in [2.24, 2.45) is 4.99 Å². The molecule has 3 rings (SSSR count). The number of fused-ring (bicyclic) bond motifs is 3. The number of anilines is 1. The van der Waals surface area contributed by atoms with Crippen molar-refractivity contribution in [2.45, 2.75) is 6.92 Å². The fourth-order valence-electron chi connectivity index (χ4n) is 2.51. The number of benzene rings is 1. The summed E-state index contributed by atoms with van der Waals surface area (Å²) in [6, 6.07) is 5.63. The van der Waals surface area contributed by atoms with Gasteiger partial charge in [-0.2, -0.15) is 4.99 Å². The van der Waals surface area contributed by atoms with Gasteiger partial charge in [0.1, 0.15) is 12.1 Å². The molecule has 2 aliphatic rings. The maximum atomic E-state index is 12.6. The van der Waals surface area contributed by atoms with Crippen LogP contribution >= 0.6 is 22.6 Å². The summed E-state index contributed by atoms with van der Waals surface area (Å²) < 4.78 is 5.91. The highest BCUT2D eigenvalue weighted by molar-refractivity contribution is 14.1. The lowest BCUT2D eigenvalue weighted by molar-refractivity contribution is -0.138. The summed E-state index contributed by atoms with van der Waals surface area (Å²) in [5, 5.41) is 0. The third kappa shape index (κ3) is 2.34. The van der Waals surface area contributed by atoms with Crippen molar-refractivity contribution < 1.29 is 14.3 Å². The fraction of sp³-hybridized carbons (Fsp3) is 0.267. The second kappa shape index (κ2) is 5.81. The van der Waals surface area contributed by atoms with E-state index in [9.17, 15) is 9.59 Å². The number of ether oxygens (including phenoxy) is 1. The molecule has 22 heavy (non-hydrogen) atoms. The van der Waals surface area contributed by atoms with Gasteiger partial charge in [-0.1, -0.05) is 6.07 Å². The van der Waals surface area contributed by atoms with Crippen LogP contribution in [0.2, 0.25) is 0 Å². The van der Waals surface area contributed by atoms with Crippen molar-refractivity contribution in [2.75, 3.05) is 20.2 Å². The van der Waals surface area contributed by atoms with E-state index in [2.05, 4.69) is 27.6 Å². The molecule has 7 heteroatoms. The molecule has 0 saturated heterocycles. The van der Waals surface area contributed by atoms with Crippen molar-refractivity contribution in [1.82, 2.24) is 9.80 Å². The minimum atomic E-state index is -0.467. The van der Waals surface area contributed by atoms with E-state index in [1.54, 1.807) is 30.1 Å². The summed E-state index contributed by atoms with van der Waals surface area (Å²) in [7, 11) is 1.72. The Bertz CT molecular complexity index is 727. The number of aliphatic imine (C=N–C) groups is 1. The minimum absolute atomic E-state index is 0.0708. The molecule has 1 amide bonds. The number of amides is 1. The number of nitrogens with zero attached hydrogens (tertiary/aromatic N) is 3. The first-order valence-corrected chi connectivity index (χ1v) is 7.90. The monoisotopic (exact) mass is 411 g/mol. The third-order valence-electron chi connectivity index (χ3n) is 3.53. The van der Waals surface area contributed by atoms with Crippen LogP contribution < -0.4 is 4.90 Å². The van der Waals surface area contributed by atoms with E-state index >= 15 is 0 Å². The Kier molecular flexibility index (Phi) is 4.00. The summed E-state index contributed by atoms with van der Waals surface area (Å²) in [6.07, 6.45) is 1.57. The second-order valence-electron chi connectivity index (χ2n) is 4.93. The molecule has 0 atom stereocenters. The number of carbonyl (C=O) groups is 2. The topological polar surface area (TPSA) is 64.9 Å². The molecule has 113 valence electrons. The summed E-state index contributed by atoms with van der Waals surface area (Å²) >= 11 is 2.15. The molecule has 2 aliphatic heterocycles. The lowest BCUT2D eigenvalue weighted by Crippen LogP contribution is -2.30. The summed E-state index contributed by atoms with van der Waals surface area (Å²) in [5.41, 5.74) is 2.28. The number of halogens is 1. The molecule has 0 bridgehead atoms. The van der Waals surface area contributed by atoms with E-state index in [-0.39, 0.29) is 18.2 Å². The van der Waals surface area contributed by atoms with Crippen LogP contribution in [0.3, 0.4) is 0 Å². The quantitative estimate of drug-likeness (QED) is 0.425. The van der Waals surface area contributed by atoms with Crippen LogP contribution in [0.25, 0.3) is 0 Å². The third-order valence-corrected chi connectivity index (χ3v) is 4.43. The van der Waals surface area contributed by atoms with Gasteiger partial charge in [0, 0.05) is 16.7 Å². The first kappa shape index (κ1) is 15.2. The number of hydrogen-bond donors (Lipinski definition) is 0. The predicted molar refractivity (Wildman–Crippen MR) is 90.1 cm³/mol. The first-order chi connectivity index (χ1) is 10.5. The predicted octanol–water partition coefficient (Wildman–Crippen LogP) is 1.96. The SMILES string of the molecule is CCOC(=O)C1=C2CN(C)C(=O)c3c(I)cccc3[N+]2C=N1. The Labute approximate surface area is 141 Å². The molecule has 1 aromatic rings. The van der Waals surface area contributed by atoms with E-state index in [0.29, 0.717) is 17.8 Å². The highest BCUT2D eigenvalue weighted by Crippen LogP contribution is 2.34. The minimum Gasteiger partial charge on any atom is -0.461 e. The molecule has 1 aromatic carbocycles. The number of esters is 1. The van der Waals surface area contributed by atoms with Crippen LogP contribution in [-0.4, -0.2) is 43.3 Å². The van der Waals surface area contributed by atoms with E-state index in [0.717, 1.165) is 9.26 Å². The number of carbonyl (C=O) groups excluding carboxylic acids is 2. The molecule has 0 aromatic heterocycles. The Hall–Kier alpha value is -1.74. The smallest absolute Gasteiger partial charge is 0.363 e. The zero-order valence-electron chi connectivity index (χ0n) is 12.2. The highest BCUT2D eigenvalue weighted by Gasteiger charge is 2.43. The van der Waals surface area contributed by atoms with Gasteiger partial charge in [0.05, 0.1) is 6.61 Å². The number of rotatable bonds is 2. The van der Waals surface area contributed by atoms with Gasteiger partial charge in [-0.3, -0.25) is 4.79 Å². The Balaban J connectivity index is 2.16. The summed E-state index contributed by atoms with van der Waals surface area (Å²) in [4.78, 5) is 32.2. The number of hydrogen-bond acceptors (Lipinski definition) is 5. The van der Waals surface area contributed by atoms with E-state index in [1.165, 1.54) is 0 Å². The zero-order valence-corrected chi connectivity index (χ0v) is 14.3. The van der Waals surface area contributed by atoms with Gasteiger partial charge >= 0.3 is 5.97 Å². The molecule has 0 spiro atoms. The van der Waals surface area contributed by atoms with Crippen molar-refractivity contribution in [3.8, 4) is 0 Å². The van der Waals surface area contributed by atoms with Crippen molar-refractivity contribution in [3.63, 3.8) is 0 Å². The van der Waals surface area contributed by atoms with Gasteiger partial charge < -0.3 is 9.64 Å². The number of likely N-dealkylation sites (N-methyl/N-ethyl adjacent to an activating group) is 1. The molecule has 0 fully saturated rings. The Morgan fingerprint density at radius 1 is 1.50 bits per heavy atom. The molecule has 0 aliphatic carbocycles. The zero-order chi connectivity index (χ0) is 15.9. The van der Waals surface area contributed by atoms with Crippen LogP contribution in [0.5, 0.6) is 0 Å². The Morgan fingerprint density at radius 3 is 3.00 bits per heavy atom. The average molecular weight is 411 g/mol. The first-order valence-electron chi connectivity index (χ1n) is 6.82. The molecular formula is C15H14IN3O3+. The largest absolute Gasteiger partial charge is 0.461 e. The molecule has 1 radical (unpaired) electrons. The van der Waals surface area contributed by atoms with E-state index in [4.69, 9.17) is 4.74 Å². The average Bonchev–Trinajstić information content (AvgIpc) is 2.85. The fourth-order valence-corrected chi connectivity index (χ4v) is 3.23. The van der Waals surface area contributed by atoms with Crippen LogP contribution in [0, 0.1) is 3.57 Å². The maximum Gasteiger partial charge on any atom is 0.363 e. The second-order valence-corrected chi connectivity index (χ2v) is 6.09. The van der Waals surface area contributed by atoms with Gasteiger partial charge in [-0.15, -0.1) is 0 Å². The van der Waals surface area contributed by atoms with Crippen LogP contribution in [0.4, 0.5) is 5.69 Å². The van der Waals surface area contributed by atoms with Crippen molar-refractivity contribution in [3.05, 3.63) is 38.7 Å². The van der Waals surface area contributed by atoms with Gasteiger partial charge in [-0.25, -0.2) is 4.79 Å². The lowest BCUT2D eigenvalue weighted by Gasteiger charge is -2.12. The van der Waals surface area contributed by atoms with Gasteiger partial charge in [0.25, 0.3) is 12.2 Å². The molecular weight excluding hydrogens is 397 g/mol. The normalized spacial score (nSPS) is 17.4. The summed E-state index contributed by atoms with van der Waals surface area (Å²) in [6.45, 7) is 2.34. The Morgan fingerprint density at radius 2 is 2.27 bits per heavy atom. The van der Waals surface area contributed by atoms with Crippen LogP contribution in [0.15, 0.2) is 34.6 Å². The van der Waals surface area contributed by atoms with Crippen LogP contribution in [0.1, 0.15) is 17.3 Å². The molecule has 0 unspecified atom stereocenters. The van der Waals surface area contributed by atoms with Crippen LogP contribution in [-0.2, 0) is 9.53 Å². The molecule has 2 heterocycles. The van der Waals surface area contributed by atoms with E-state index < -0.39 is 5.97 Å². The lowest BCUT2D eigenvalue weighted by atomic mass is 10.1. The standard InChI is InChI=1S/C15H14IN3O3/c1-3-22-15(21)13-11-7-18(2)14(20)12-9(16)5-4-6-10(12)19(11)8-17-13/h4-6,8H,3,7H2,1-2H3/q+1. The summed E-state index contributed by atoms with van der Waals surface area (Å²) in [5.74, 6) is -0.537. The van der Waals surface area contributed by atoms with E-state index in [1.807, 2.05) is 18.2 Å². The van der Waals surface area contributed by atoms with Gasteiger partial charge in [-0.05, 0) is 40.5 Å². The molecule has 0 N–H and O–H groups in total. The molecule has 6 nitrogen and oxygen atoms in total.